The van der Waals surface area contributed by atoms with E-state index in [0.29, 0.717) is 18.8 Å². The van der Waals surface area contributed by atoms with E-state index in [1.54, 1.807) is 12.1 Å². The zero-order valence-corrected chi connectivity index (χ0v) is 12.9. The van der Waals surface area contributed by atoms with Gasteiger partial charge in [-0.15, -0.1) is 6.58 Å². The quantitative estimate of drug-likeness (QED) is 0.798. The number of pyridine rings is 1. The Hall–Kier alpha value is -1.72. The second kappa shape index (κ2) is 6.58. The van der Waals surface area contributed by atoms with Gasteiger partial charge in [0.1, 0.15) is 17.9 Å². The second-order valence-electron chi connectivity index (χ2n) is 5.83. The molecule has 0 saturated carbocycles. The van der Waals surface area contributed by atoms with Gasteiger partial charge in [0.15, 0.2) is 0 Å². The van der Waals surface area contributed by atoms with Gasteiger partial charge in [0.2, 0.25) is 0 Å². The average molecular weight is 302 g/mol. The molecule has 2 aliphatic heterocycles. The lowest BCUT2D eigenvalue weighted by Crippen LogP contribution is -2.44. The Bertz CT molecular complexity index is 561. The predicted molar refractivity (Wildman–Crippen MR) is 82.7 cm³/mol. The molecule has 0 bridgehead atoms. The van der Waals surface area contributed by atoms with E-state index in [1.807, 2.05) is 24.0 Å². The van der Waals surface area contributed by atoms with Gasteiger partial charge in [-0.3, -0.25) is 4.79 Å². The number of likely N-dealkylation sites (tertiary alicyclic amines) is 1. The Morgan fingerprint density at radius 1 is 1.59 bits per heavy atom. The van der Waals surface area contributed by atoms with Crippen molar-refractivity contribution in [3.05, 3.63) is 42.2 Å². The summed E-state index contributed by atoms with van der Waals surface area (Å²) in [4.78, 5) is 19.0. The Morgan fingerprint density at radius 3 is 3.23 bits per heavy atom. The van der Waals surface area contributed by atoms with Gasteiger partial charge in [0, 0.05) is 12.3 Å². The van der Waals surface area contributed by atoms with Gasteiger partial charge in [0.05, 0.1) is 19.2 Å². The first-order chi connectivity index (χ1) is 10.7. The lowest BCUT2D eigenvalue weighted by atomic mass is 10.0. The van der Waals surface area contributed by atoms with Crippen LogP contribution in [0.15, 0.2) is 30.9 Å². The fraction of sp³-hybridized carbons (Fsp3) is 0.529. The number of carbonyl (C=O) groups excluding carboxylic acids is 1. The number of carbonyl (C=O) groups is 1. The number of hydrogen-bond acceptors (Lipinski definition) is 4. The molecule has 0 unspecified atom stereocenters. The molecule has 3 atom stereocenters. The molecule has 2 fully saturated rings. The van der Waals surface area contributed by atoms with E-state index in [-0.39, 0.29) is 24.2 Å². The molecule has 22 heavy (non-hydrogen) atoms. The lowest BCUT2D eigenvalue weighted by Gasteiger charge is -2.32. The monoisotopic (exact) mass is 302 g/mol. The number of hydrogen-bond donors (Lipinski definition) is 0. The minimum absolute atomic E-state index is 0.0334. The highest BCUT2D eigenvalue weighted by Gasteiger charge is 2.46. The van der Waals surface area contributed by atoms with E-state index < -0.39 is 0 Å². The fourth-order valence-electron chi connectivity index (χ4n) is 3.29. The largest absolute Gasteiger partial charge is 0.373 e. The van der Waals surface area contributed by atoms with Gasteiger partial charge in [-0.1, -0.05) is 12.1 Å². The molecule has 0 spiro atoms. The number of fused-ring (bicyclic) bond motifs is 1. The van der Waals surface area contributed by atoms with Crippen molar-refractivity contribution >= 4 is 5.91 Å². The van der Waals surface area contributed by atoms with Crippen LogP contribution in [0.1, 0.15) is 29.0 Å². The molecule has 0 N–H and O–H groups in total. The summed E-state index contributed by atoms with van der Waals surface area (Å²) in [5.41, 5.74) is 1.34. The topological polar surface area (TPSA) is 51.7 Å². The van der Waals surface area contributed by atoms with Gasteiger partial charge in [0.25, 0.3) is 5.91 Å². The zero-order chi connectivity index (χ0) is 15.5. The van der Waals surface area contributed by atoms with Gasteiger partial charge < -0.3 is 14.4 Å². The average Bonchev–Trinajstić information content (AvgIpc) is 2.91. The number of rotatable bonds is 4. The summed E-state index contributed by atoms with van der Waals surface area (Å²) in [6.45, 7) is 7.34. The van der Waals surface area contributed by atoms with E-state index in [9.17, 15) is 4.79 Å². The molecule has 0 aliphatic carbocycles. The number of aromatic nitrogens is 1. The third kappa shape index (κ3) is 2.91. The van der Waals surface area contributed by atoms with Crippen LogP contribution in [0.25, 0.3) is 0 Å². The predicted octanol–water partition coefficient (Wildman–Crippen LogP) is 1.96. The highest BCUT2D eigenvalue weighted by atomic mass is 16.5. The van der Waals surface area contributed by atoms with Gasteiger partial charge in [-0.2, -0.15) is 0 Å². The maximum Gasteiger partial charge on any atom is 0.272 e. The second-order valence-corrected chi connectivity index (χ2v) is 5.83. The fourth-order valence-corrected chi connectivity index (χ4v) is 3.29. The summed E-state index contributed by atoms with van der Waals surface area (Å²) in [5, 5.41) is 0. The Labute approximate surface area is 130 Å². The lowest BCUT2D eigenvalue weighted by molar-refractivity contribution is -0.0708. The summed E-state index contributed by atoms with van der Waals surface area (Å²) in [7, 11) is 0. The number of nitrogens with zero attached hydrogens (tertiary/aromatic N) is 2. The van der Waals surface area contributed by atoms with E-state index in [2.05, 4.69) is 11.6 Å². The van der Waals surface area contributed by atoms with Gasteiger partial charge >= 0.3 is 0 Å². The Balaban J connectivity index is 1.80. The van der Waals surface area contributed by atoms with Crippen LogP contribution in [0.2, 0.25) is 0 Å². The molecular weight excluding hydrogens is 280 g/mol. The molecule has 3 heterocycles. The smallest absolute Gasteiger partial charge is 0.272 e. The highest BCUT2D eigenvalue weighted by Crippen LogP contribution is 2.31. The first-order valence-corrected chi connectivity index (χ1v) is 7.79. The van der Waals surface area contributed by atoms with Gasteiger partial charge in [-0.25, -0.2) is 4.98 Å². The number of aryl methyl sites for hydroxylation is 1. The van der Waals surface area contributed by atoms with E-state index >= 15 is 0 Å². The minimum atomic E-state index is -0.0861. The van der Waals surface area contributed by atoms with Crippen molar-refractivity contribution < 1.29 is 14.3 Å². The molecule has 0 radical (unpaired) electrons. The maximum atomic E-state index is 12.8. The molecule has 5 nitrogen and oxygen atoms in total. The molecule has 1 aromatic rings. The van der Waals surface area contributed by atoms with Crippen molar-refractivity contribution in [3.8, 4) is 0 Å². The van der Waals surface area contributed by atoms with E-state index in [4.69, 9.17) is 9.47 Å². The van der Waals surface area contributed by atoms with Crippen LogP contribution in [0.4, 0.5) is 0 Å². The van der Waals surface area contributed by atoms with Crippen LogP contribution in [0.3, 0.4) is 0 Å². The van der Waals surface area contributed by atoms with Crippen molar-refractivity contribution in [2.75, 3.05) is 19.8 Å². The highest BCUT2D eigenvalue weighted by molar-refractivity contribution is 5.92. The molecule has 118 valence electrons. The molecule has 0 aromatic carbocycles. The molecule has 1 aromatic heterocycles. The molecule has 2 aliphatic rings. The maximum absolute atomic E-state index is 12.8. The van der Waals surface area contributed by atoms with Crippen LogP contribution < -0.4 is 0 Å². The summed E-state index contributed by atoms with van der Waals surface area (Å²) < 4.78 is 11.7. The van der Waals surface area contributed by atoms with Crippen LogP contribution in [-0.4, -0.2) is 53.8 Å². The van der Waals surface area contributed by atoms with Crippen LogP contribution in [0.5, 0.6) is 0 Å². The summed E-state index contributed by atoms with van der Waals surface area (Å²) in [5.74, 6) is -0.0334. The Morgan fingerprint density at radius 2 is 2.45 bits per heavy atom. The molecule has 5 heteroatoms. The van der Waals surface area contributed by atoms with Crippen LogP contribution >= 0.6 is 0 Å². The zero-order valence-electron chi connectivity index (χ0n) is 12.9. The minimum Gasteiger partial charge on any atom is -0.373 e. The number of amides is 1. The van der Waals surface area contributed by atoms with Crippen molar-refractivity contribution in [2.45, 2.75) is 38.0 Å². The molecule has 3 rings (SSSR count). The Kier molecular flexibility index (Phi) is 4.55. The normalized spacial score (nSPS) is 27.5. The van der Waals surface area contributed by atoms with Crippen molar-refractivity contribution in [1.82, 2.24) is 9.88 Å². The van der Waals surface area contributed by atoms with Crippen LogP contribution in [0, 0.1) is 6.92 Å². The summed E-state index contributed by atoms with van der Waals surface area (Å²) in [6.07, 6.45) is 3.53. The third-order valence-corrected chi connectivity index (χ3v) is 4.27. The van der Waals surface area contributed by atoms with Crippen molar-refractivity contribution in [3.63, 3.8) is 0 Å². The summed E-state index contributed by atoms with van der Waals surface area (Å²) in [6, 6.07) is 5.61. The molecule has 2 saturated heterocycles. The molecule has 1 amide bonds. The third-order valence-electron chi connectivity index (χ3n) is 4.27. The van der Waals surface area contributed by atoms with E-state index in [0.717, 1.165) is 25.1 Å². The summed E-state index contributed by atoms with van der Waals surface area (Å²) >= 11 is 0. The SMILES string of the molecule is C=CCO[C@@H]1CN(C(=O)c2cccc(C)n2)[C@H]2CCCO[C@@H]12. The van der Waals surface area contributed by atoms with Crippen molar-refractivity contribution in [2.24, 2.45) is 0 Å². The standard InChI is InChI=1S/C17H22N2O3/c1-3-9-21-15-11-19(14-8-5-10-22-16(14)15)17(20)13-7-4-6-12(2)18-13/h3-4,6-7,14-16H,1,5,8-11H2,2H3/t14-,15+,16+/m0/s1. The molecular formula is C17H22N2O3. The van der Waals surface area contributed by atoms with Gasteiger partial charge in [-0.05, 0) is 31.9 Å². The van der Waals surface area contributed by atoms with Crippen LogP contribution in [-0.2, 0) is 9.47 Å². The van der Waals surface area contributed by atoms with Crippen molar-refractivity contribution in [1.29, 1.82) is 0 Å². The number of ether oxygens (including phenoxy) is 2. The first kappa shape index (κ1) is 15.2. The van der Waals surface area contributed by atoms with E-state index in [1.165, 1.54) is 0 Å². The first-order valence-electron chi connectivity index (χ1n) is 7.79.